The summed E-state index contributed by atoms with van der Waals surface area (Å²) in [5.41, 5.74) is 8.54. The number of aliphatic hydroxyl groups is 1. The molecular weight excluding hydrogens is 164 g/mol. The molecule has 13 heavy (non-hydrogen) atoms. The number of nitrogen functional groups attached to an aromatic ring is 1. The molecule has 0 radical (unpaired) electrons. The molecule has 0 saturated heterocycles. The first kappa shape index (κ1) is 9.86. The molecule has 3 heteroatoms. The minimum Gasteiger partial charge on any atom is -0.399 e. The van der Waals surface area contributed by atoms with Crippen molar-refractivity contribution < 1.29 is 5.11 Å². The molecule has 3 nitrogen and oxygen atoms in total. The monoisotopic (exact) mass is 180 g/mol. The average Bonchev–Trinajstić information content (AvgIpc) is 2.12. The average molecular weight is 180 g/mol. The van der Waals surface area contributed by atoms with E-state index < -0.39 is 0 Å². The number of nitrogens with one attached hydrogen (secondary N) is 1. The highest BCUT2D eigenvalue weighted by molar-refractivity contribution is 5.57. The molecule has 0 atom stereocenters. The van der Waals surface area contributed by atoms with E-state index in [2.05, 4.69) is 5.32 Å². The van der Waals surface area contributed by atoms with Crippen molar-refractivity contribution in [3.63, 3.8) is 0 Å². The lowest BCUT2D eigenvalue weighted by molar-refractivity contribution is 0.300. The Hall–Kier alpha value is -1.22. The number of nitrogens with two attached hydrogens (primary N) is 1. The third kappa shape index (κ3) is 2.63. The summed E-state index contributed by atoms with van der Waals surface area (Å²) < 4.78 is 0. The van der Waals surface area contributed by atoms with Crippen molar-refractivity contribution in [1.29, 1.82) is 0 Å². The van der Waals surface area contributed by atoms with Crippen molar-refractivity contribution in [2.75, 3.05) is 24.2 Å². The molecule has 0 aromatic heterocycles. The van der Waals surface area contributed by atoms with Gasteiger partial charge in [0.2, 0.25) is 0 Å². The van der Waals surface area contributed by atoms with Gasteiger partial charge >= 0.3 is 0 Å². The molecule has 1 aromatic carbocycles. The molecule has 4 N–H and O–H groups in total. The predicted octanol–water partition coefficient (Wildman–Crippen LogP) is 1.24. The fraction of sp³-hybridized carbons (Fsp3) is 0.400. The summed E-state index contributed by atoms with van der Waals surface area (Å²) in [7, 11) is 0. The zero-order valence-electron chi connectivity index (χ0n) is 7.88. The van der Waals surface area contributed by atoms with Gasteiger partial charge in [0.15, 0.2) is 0 Å². The van der Waals surface area contributed by atoms with Gasteiger partial charge in [-0.15, -0.1) is 0 Å². The van der Waals surface area contributed by atoms with Crippen LogP contribution in [-0.4, -0.2) is 18.3 Å². The summed E-state index contributed by atoms with van der Waals surface area (Å²) in [5, 5.41) is 12.0. The lowest BCUT2D eigenvalue weighted by Gasteiger charge is -2.08. The van der Waals surface area contributed by atoms with Gasteiger partial charge in [-0.05, 0) is 37.1 Å². The summed E-state index contributed by atoms with van der Waals surface area (Å²) >= 11 is 0. The van der Waals surface area contributed by atoms with Gasteiger partial charge in [-0.1, -0.05) is 0 Å². The minimum atomic E-state index is 0.139. The van der Waals surface area contributed by atoms with E-state index in [9.17, 15) is 0 Å². The molecule has 0 saturated carbocycles. The zero-order valence-corrected chi connectivity index (χ0v) is 7.88. The number of rotatable bonds is 4. The quantitative estimate of drug-likeness (QED) is 0.611. The third-order valence-corrected chi connectivity index (χ3v) is 1.91. The lowest BCUT2D eigenvalue weighted by atomic mass is 10.1. The molecule has 72 valence electrons. The summed E-state index contributed by atoms with van der Waals surface area (Å²) in [6.45, 7) is 3.07. The van der Waals surface area contributed by atoms with Gasteiger partial charge in [0.05, 0.1) is 0 Å². The highest BCUT2D eigenvalue weighted by atomic mass is 16.2. The van der Waals surface area contributed by atoms with Crippen molar-refractivity contribution in [3.8, 4) is 0 Å². The standard InChI is InChI=1S/C10H16N2O/c1-2-12-9-3-4-10(11)8(7-9)5-6-13/h3-4,7,12-13H,2,5-6,11H2,1H3. The Morgan fingerprint density at radius 1 is 1.46 bits per heavy atom. The topological polar surface area (TPSA) is 58.3 Å². The first-order valence-corrected chi connectivity index (χ1v) is 4.51. The molecule has 0 aliphatic rings. The molecule has 0 fully saturated rings. The fourth-order valence-corrected chi connectivity index (χ4v) is 1.26. The van der Waals surface area contributed by atoms with Crippen LogP contribution in [0, 0.1) is 0 Å². The first-order valence-electron chi connectivity index (χ1n) is 4.51. The van der Waals surface area contributed by atoms with Crippen LogP contribution < -0.4 is 11.1 Å². The van der Waals surface area contributed by atoms with Crippen LogP contribution in [0.25, 0.3) is 0 Å². The number of hydrogen-bond donors (Lipinski definition) is 3. The summed E-state index contributed by atoms with van der Waals surface area (Å²) in [4.78, 5) is 0. The van der Waals surface area contributed by atoms with Crippen molar-refractivity contribution in [3.05, 3.63) is 23.8 Å². The van der Waals surface area contributed by atoms with E-state index >= 15 is 0 Å². The van der Waals surface area contributed by atoms with Crippen LogP contribution in [0.15, 0.2) is 18.2 Å². The smallest absolute Gasteiger partial charge is 0.0472 e. The van der Waals surface area contributed by atoms with E-state index in [1.807, 2.05) is 25.1 Å². The molecule has 0 aliphatic heterocycles. The molecule has 0 unspecified atom stereocenters. The molecule has 1 rings (SSSR count). The second kappa shape index (κ2) is 4.72. The van der Waals surface area contributed by atoms with Crippen LogP contribution in [-0.2, 0) is 6.42 Å². The van der Waals surface area contributed by atoms with Crippen LogP contribution in [0.1, 0.15) is 12.5 Å². The predicted molar refractivity (Wildman–Crippen MR) is 55.8 cm³/mol. The lowest BCUT2D eigenvalue weighted by Crippen LogP contribution is -2.01. The molecule has 0 heterocycles. The molecule has 0 spiro atoms. The highest BCUT2D eigenvalue weighted by Gasteiger charge is 1.99. The maximum Gasteiger partial charge on any atom is 0.0472 e. The third-order valence-electron chi connectivity index (χ3n) is 1.91. The number of anilines is 2. The Morgan fingerprint density at radius 3 is 2.85 bits per heavy atom. The van der Waals surface area contributed by atoms with Gasteiger partial charge < -0.3 is 16.2 Å². The number of benzene rings is 1. The van der Waals surface area contributed by atoms with Crippen LogP contribution in [0.5, 0.6) is 0 Å². The Bertz CT molecular complexity index is 274. The maximum atomic E-state index is 8.79. The van der Waals surface area contributed by atoms with Crippen LogP contribution in [0.3, 0.4) is 0 Å². The van der Waals surface area contributed by atoms with E-state index in [1.165, 1.54) is 0 Å². The number of aliphatic hydroxyl groups excluding tert-OH is 1. The normalized spacial score (nSPS) is 10.0. The van der Waals surface area contributed by atoms with Crippen LogP contribution in [0.4, 0.5) is 11.4 Å². The number of hydrogen-bond acceptors (Lipinski definition) is 3. The Balaban J connectivity index is 2.83. The summed E-state index contributed by atoms with van der Waals surface area (Å²) in [6.07, 6.45) is 0.616. The van der Waals surface area contributed by atoms with Gasteiger partial charge in [0.25, 0.3) is 0 Å². The summed E-state index contributed by atoms with van der Waals surface area (Å²) in [6, 6.07) is 5.79. The van der Waals surface area contributed by atoms with Crippen LogP contribution in [0.2, 0.25) is 0 Å². The Morgan fingerprint density at radius 2 is 2.23 bits per heavy atom. The van der Waals surface area contributed by atoms with E-state index in [1.54, 1.807) is 0 Å². The van der Waals surface area contributed by atoms with Gasteiger partial charge in [-0.2, -0.15) is 0 Å². The van der Waals surface area contributed by atoms with E-state index in [0.29, 0.717) is 6.42 Å². The molecule has 0 amide bonds. The van der Waals surface area contributed by atoms with Gasteiger partial charge in [-0.25, -0.2) is 0 Å². The second-order valence-corrected chi connectivity index (χ2v) is 2.92. The van der Waals surface area contributed by atoms with E-state index in [-0.39, 0.29) is 6.61 Å². The van der Waals surface area contributed by atoms with Crippen molar-refractivity contribution in [2.24, 2.45) is 0 Å². The zero-order chi connectivity index (χ0) is 9.68. The molecule has 0 aliphatic carbocycles. The minimum absolute atomic E-state index is 0.139. The van der Waals surface area contributed by atoms with Gasteiger partial charge in [0, 0.05) is 24.5 Å². The fourth-order valence-electron chi connectivity index (χ4n) is 1.26. The van der Waals surface area contributed by atoms with Crippen molar-refractivity contribution >= 4 is 11.4 Å². The summed E-state index contributed by atoms with van der Waals surface area (Å²) in [5.74, 6) is 0. The maximum absolute atomic E-state index is 8.79. The Kier molecular flexibility index (Phi) is 3.58. The molecular formula is C10H16N2O. The molecule has 0 bridgehead atoms. The molecule has 1 aromatic rings. The SMILES string of the molecule is CCNc1ccc(N)c(CCO)c1. The second-order valence-electron chi connectivity index (χ2n) is 2.92. The van der Waals surface area contributed by atoms with E-state index in [0.717, 1.165) is 23.5 Å². The highest BCUT2D eigenvalue weighted by Crippen LogP contribution is 2.17. The largest absolute Gasteiger partial charge is 0.399 e. The van der Waals surface area contributed by atoms with Crippen molar-refractivity contribution in [1.82, 2.24) is 0 Å². The Labute approximate surface area is 78.6 Å². The first-order chi connectivity index (χ1) is 6.27. The van der Waals surface area contributed by atoms with Crippen molar-refractivity contribution in [2.45, 2.75) is 13.3 Å². The van der Waals surface area contributed by atoms with Gasteiger partial charge in [-0.3, -0.25) is 0 Å². The van der Waals surface area contributed by atoms with E-state index in [4.69, 9.17) is 10.8 Å². The van der Waals surface area contributed by atoms with Crippen LogP contribution >= 0.6 is 0 Å². The van der Waals surface area contributed by atoms with Gasteiger partial charge in [0.1, 0.15) is 0 Å².